The summed E-state index contributed by atoms with van der Waals surface area (Å²) in [6, 6.07) is 23.3. The van der Waals surface area contributed by atoms with Gasteiger partial charge in [-0.05, 0) is 83.3 Å². The lowest BCUT2D eigenvalue weighted by Crippen LogP contribution is -1.88. The average molecular weight is 435 g/mol. The van der Waals surface area contributed by atoms with Crippen molar-refractivity contribution in [3.05, 3.63) is 71.8 Å². The van der Waals surface area contributed by atoms with Crippen molar-refractivity contribution in [2.75, 3.05) is 0 Å². The molecular weight excluding hydrogens is 400 g/mol. The minimum Gasteiger partial charge on any atom is -0.344 e. The van der Waals surface area contributed by atoms with Gasteiger partial charge in [-0.2, -0.15) is 0 Å². The van der Waals surface area contributed by atoms with Crippen LogP contribution < -0.4 is 0 Å². The minimum absolute atomic E-state index is 1.07. The second kappa shape index (κ2) is 8.26. The van der Waals surface area contributed by atoms with Crippen LogP contribution in [0, 0.1) is 0 Å². The molecule has 4 aromatic carbocycles. The molecule has 0 atom stereocenters. The van der Waals surface area contributed by atoms with Crippen LogP contribution in [0.2, 0.25) is 0 Å². The number of aryl methyl sites for hydroxylation is 4. The number of benzene rings is 4. The highest BCUT2D eigenvalue weighted by atomic mass is 14.9. The molecule has 0 saturated carbocycles. The summed E-state index contributed by atoms with van der Waals surface area (Å²) in [5.41, 5.74) is 8.01. The molecule has 2 heteroatoms. The van der Waals surface area contributed by atoms with Gasteiger partial charge in [0.1, 0.15) is 0 Å². The zero-order valence-electron chi connectivity index (χ0n) is 20.8. The van der Waals surface area contributed by atoms with Gasteiger partial charge in [-0.1, -0.05) is 46.2 Å². The fourth-order valence-corrected chi connectivity index (χ4v) is 5.19. The Bertz CT molecular complexity index is 1520. The Kier molecular flexibility index (Phi) is 5.40. The van der Waals surface area contributed by atoms with E-state index in [0.29, 0.717) is 0 Å². The summed E-state index contributed by atoms with van der Waals surface area (Å²) < 4.78 is 4.68. The number of rotatable bonds is 2. The van der Waals surface area contributed by atoms with Crippen molar-refractivity contribution in [3.63, 3.8) is 0 Å². The van der Waals surface area contributed by atoms with Gasteiger partial charge in [0.2, 0.25) is 0 Å². The quantitative estimate of drug-likeness (QED) is 0.258. The highest BCUT2D eigenvalue weighted by Gasteiger charge is 2.13. The first-order chi connectivity index (χ1) is 16.0. The summed E-state index contributed by atoms with van der Waals surface area (Å²) in [5.74, 6) is 0. The number of fused-ring (bicyclic) bond motifs is 7. The van der Waals surface area contributed by atoms with Gasteiger partial charge >= 0.3 is 0 Å². The summed E-state index contributed by atoms with van der Waals surface area (Å²) in [4.78, 5) is 0. The Balaban J connectivity index is 0.000000724. The molecule has 2 nitrogen and oxygen atoms in total. The molecule has 6 rings (SSSR count). The maximum absolute atomic E-state index is 2.39. The Labute approximate surface area is 196 Å². The van der Waals surface area contributed by atoms with E-state index in [1.165, 1.54) is 71.9 Å². The molecule has 0 unspecified atom stereocenters. The molecule has 0 aliphatic heterocycles. The Morgan fingerprint density at radius 1 is 0.485 bits per heavy atom. The minimum atomic E-state index is 1.07. The SMILES string of the molecule is CCC.CCc1ccc2c(c1)c1cc3cc4c(cc3cc1n2C)c1cc(CC)ccc1n4C. The summed E-state index contributed by atoms with van der Waals surface area (Å²) in [6.07, 6.45) is 3.38. The number of hydrogen-bond donors (Lipinski definition) is 0. The van der Waals surface area contributed by atoms with Gasteiger partial charge in [-0.3, -0.25) is 0 Å². The molecule has 0 aliphatic rings. The van der Waals surface area contributed by atoms with Crippen LogP contribution in [0.1, 0.15) is 45.2 Å². The summed E-state index contributed by atoms with van der Waals surface area (Å²) in [6.45, 7) is 8.70. The predicted octanol–water partition coefficient (Wildman–Crippen LogP) is 8.67. The number of aromatic nitrogens is 2. The monoisotopic (exact) mass is 434 g/mol. The fraction of sp³-hybridized carbons (Fsp3) is 0.290. The average Bonchev–Trinajstić information content (AvgIpc) is 3.27. The van der Waals surface area contributed by atoms with E-state index in [9.17, 15) is 0 Å². The van der Waals surface area contributed by atoms with Gasteiger partial charge in [0, 0.05) is 57.7 Å². The summed E-state index contributed by atoms with van der Waals surface area (Å²) in [5, 5.41) is 8.04. The second-order valence-corrected chi connectivity index (χ2v) is 9.32. The maximum Gasteiger partial charge on any atom is 0.0495 e. The van der Waals surface area contributed by atoms with Crippen LogP contribution in [0.4, 0.5) is 0 Å². The Morgan fingerprint density at radius 3 is 1.21 bits per heavy atom. The molecule has 0 spiro atoms. The van der Waals surface area contributed by atoms with E-state index in [0.717, 1.165) is 12.8 Å². The Hall–Kier alpha value is -3.26. The van der Waals surface area contributed by atoms with Crippen molar-refractivity contribution < 1.29 is 0 Å². The third-order valence-electron chi connectivity index (χ3n) is 7.03. The highest BCUT2D eigenvalue weighted by Crippen LogP contribution is 2.36. The van der Waals surface area contributed by atoms with E-state index in [1.54, 1.807) is 0 Å². The molecule has 0 N–H and O–H groups in total. The third-order valence-corrected chi connectivity index (χ3v) is 7.03. The van der Waals surface area contributed by atoms with E-state index in [-0.39, 0.29) is 0 Å². The van der Waals surface area contributed by atoms with E-state index in [4.69, 9.17) is 0 Å². The predicted molar refractivity (Wildman–Crippen MR) is 147 cm³/mol. The first-order valence-electron chi connectivity index (χ1n) is 12.4. The first-order valence-corrected chi connectivity index (χ1v) is 12.4. The lowest BCUT2D eigenvalue weighted by atomic mass is 10.0. The van der Waals surface area contributed by atoms with E-state index in [1.807, 2.05) is 0 Å². The lowest BCUT2D eigenvalue weighted by molar-refractivity contribution is 1.01. The number of hydrogen-bond acceptors (Lipinski definition) is 0. The van der Waals surface area contributed by atoms with Gasteiger partial charge in [0.15, 0.2) is 0 Å². The molecule has 6 aromatic rings. The van der Waals surface area contributed by atoms with Crippen molar-refractivity contribution in [3.8, 4) is 0 Å². The first kappa shape index (κ1) is 21.6. The third kappa shape index (κ3) is 3.31. The van der Waals surface area contributed by atoms with Gasteiger partial charge in [0.25, 0.3) is 0 Å². The molecule has 0 saturated heterocycles. The second-order valence-electron chi connectivity index (χ2n) is 9.32. The van der Waals surface area contributed by atoms with Crippen LogP contribution in [0.15, 0.2) is 60.7 Å². The van der Waals surface area contributed by atoms with Crippen molar-refractivity contribution >= 4 is 54.4 Å². The molecule has 33 heavy (non-hydrogen) atoms. The van der Waals surface area contributed by atoms with Crippen molar-refractivity contribution in [2.24, 2.45) is 14.1 Å². The van der Waals surface area contributed by atoms with Gasteiger partial charge in [-0.25, -0.2) is 0 Å². The molecule has 0 radical (unpaired) electrons. The van der Waals surface area contributed by atoms with Crippen molar-refractivity contribution in [2.45, 2.75) is 47.0 Å². The molecule has 2 aromatic heterocycles. The van der Waals surface area contributed by atoms with Crippen LogP contribution >= 0.6 is 0 Å². The zero-order chi connectivity index (χ0) is 23.3. The van der Waals surface area contributed by atoms with Crippen LogP contribution in [-0.2, 0) is 26.9 Å². The van der Waals surface area contributed by atoms with E-state index < -0.39 is 0 Å². The van der Waals surface area contributed by atoms with E-state index in [2.05, 4.69) is 112 Å². The molecule has 0 aliphatic carbocycles. The van der Waals surface area contributed by atoms with Gasteiger partial charge in [0.05, 0.1) is 0 Å². The molecular formula is C31H34N2. The van der Waals surface area contributed by atoms with Crippen LogP contribution in [0.5, 0.6) is 0 Å². The molecule has 168 valence electrons. The topological polar surface area (TPSA) is 9.86 Å². The molecule has 0 amide bonds. The fourth-order valence-electron chi connectivity index (χ4n) is 5.19. The van der Waals surface area contributed by atoms with Gasteiger partial charge < -0.3 is 9.13 Å². The summed E-state index contributed by atoms with van der Waals surface area (Å²) in [7, 11) is 4.37. The van der Waals surface area contributed by atoms with Crippen LogP contribution in [0.25, 0.3) is 54.4 Å². The normalized spacial score (nSPS) is 11.7. The van der Waals surface area contributed by atoms with Crippen LogP contribution in [0.3, 0.4) is 0 Å². The standard InChI is InChI=1S/C28H26N2.C3H8/c1-5-17-7-9-25-21(11-17)23-13-19-16-28-24(14-20(19)15-27(23)29(25)3)22-12-18(6-2)8-10-26(22)30(28)4;1-3-2/h7-16H,5-6H2,1-4H3;3H2,1-2H3. The smallest absolute Gasteiger partial charge is 0.0495 e. The van der Waals surface area contributed by atoms with E-state index >= 15 is 0 Å². The highest BCUT2D eigenvalue weighted by molar-refractivity contribution is 6.17. The molecule has 2 heterocycles. The summed E-state index contributed by atoms with van der Waals surface area (Å²) >= 11 is 0. The number of nitrogens with zero attached hydrogens (tertiary/aromatic N) is 2. The van der Waals surface area contributed by atoms with Crippen molar-refractivity contribution in [1.82, 2.24) is 9.13 Å². The lowest BCUT2D eigenvalue weighted by Gasteiger charge is -2.04. The largest absolute Gasteiger partial charge is 0.344 e. The van der Waals surface area contributed by atoms with Gasteiger partial charge in [-0.15, -0.1) is 0 Å². The van der Waals surface area contributed by atoms with Crippen molar-refractivity contribution in [1.29, 1.82) is 0 Å². The molecule has 0 fully saturated rings. The maximum atomic E-state index is 2.39. The Morgan fingerprint density at radius 2 is 0.848 bits per heavy atom. The molecule has 0 bridgehead atoms. The van der Waals surface area contributed by atoms with Crippen LogP contribution in [-0.4, -0.2) is 9.13 Å². The zero-order valence-corrected chi connectivity index (χ0v) is 20.8.